The Hall–Kier alpha value is -3.34. The fraction of sp³-hybridized carbons (Fsp3) is 0.517. The second-order valence-corrected chi connectivity index (χ2v) is 10.3. The first-order valence-electron chi connectivity index (χ1n) is 14.0. The molecule has 1 saturated carbocycles. The van der Waals surface area contributed by atoms with Crippen molar-refractivity contribution in [2.45, 2.75) is 44.2 Å². The third-order valence-electron chi connectivity index (χ3n) is 7.42. The summed E-state index contributed by atoms with van der Waals surface area (Å²) < 4.78 is 11.3. The second kappa shape index (κ2) is 13.1. The summed E-state index contributed by atoms with van der Waals surface area (Å²) >= 11 is 0. The lowest BCUT2D eigenvalue weighted by molar-refractivity contribution is 0.108. The van der Waals surface area contributed by atoms with Crippen LogP contribution in [-0.2, 0) is 4.74 Å². The van der Waals surface area contributed by atoms with Crippen LogP contribution in [0.5, 0.6) is 5.75 Å². The summed E-state index contributed by atoms with van der Waals surface area (Å²) in [5, 5.41) is 22.1. The lowest BCUT2D eigenvalue weighted by Gasteiger charge is -2.32. The Morgan fingerprint density at radius 2 is 1.87 bits per heavy atom. The van der Waals surface area contributed by atoms with Gasteiger partial charge in [0.15, 0.2) is 11.6 Å². The van der Waals surface area contributed by atoms with E-state index < -0.39 is 6.10 Å². The highest BCUT2D eigenvalue weighted by atomic mass is 16.5. The van der Waals surface area contributed by atoms with Gasteiger partial charge in [-0.25, -0.2) is 9.97 Å². The number of likely N-dealkylation sites (N-methyl/N-ethyl adjacent to an activating group) is 1. The average molecular weight is 534 g/mol. The summed E-state index contributed by atoms with van der Waals surface area (Å²) in [6, 6.07) is 14.2. The summed E-state index contributed by atoms with van der Waals surface area (Å²) in [5.74, 6) is 2.98. The van der Waals surface area contributed by atoms with E-state index in [1.54, 1.807) is 7.05 Å². The van der Waals surface area contributed by atoms with Crippen molar-refractivity contribution in [1.82, 2.24) is 25.5 Å². The summed E-state index contributed by atoms with van der Waals surface area (Å²) in [7, 11) is 3.93. The van der Waals surface area contributed by atoms with Crippen molar-refractivity contribution >= 4 is 11.6 Å². The van der Waals surface area contributed by atoms with E-state index in [0.29, 0.717) is 43.1 Å². The molecule has 2 aliphatic rings. The molecule has 0 spiro atoms. The van der Waals surface area contributed by atoms with Gasteiger partial charge in [-0.2, -0.15) is 0 Å². The standard InChI is InChI=1S/C29H39N7O3/c1-30-19-23(37)20-39-24-10-6-7-21(17-24)29-31-26(18-28(32-29)35(2)22-8-4-3-5-9-22)25-11-12-27(34-33-25)36-13-15-38-16-14-36/h6-7,10-12,17-18,22-23,30,37H,3-5,8-9,13-16,19-20H2,1-2H3. The van der Waals surface area contributed by atoms with Gasteiger partial charge in [-0.15, -0.1) is 10.2 Å². The molecular formula is C29H39N7O3. The van der Waals surface area contributed by atoms with Crippen molar-refractivity contribution in [2.75, 3.05) is 63.4 Å². The van der Waals surface area contributed by atoms with Crippen LogP contribution in [0.3, 0.4) is 0 Å². The minimum absolute atomic E-state index is 0.200. The number of morpholine rings is 1. The molecule has 208 valence electrons. The predicted octanol–water partition coefficient (Wildman–Crippen LogP) is 3.17. The van der Waals surface area contributed by atoms with E-state index in [-0.39, 0.29) is 6.61 Å². The molecule has 1 aliphatic carbocycles. The highest BCUT2D eigenvalue weighted by molar-refractivity contribution is 5.67. The third kappa shape index (κ3) is 7.00. The molecule has 0 amide bonds. The zero-order chi connectivity index (χ0) is 27.0. The smallest absolute Gasteiger partial charge is 0.162 e. The van der Waals surface area contributed by atoms with Crippen LogP contribution in [0.25, 0.3) is 22.8 Å². The Balaban J connectivity index is 1.45. The molecule has 2 aromatic heterocycles. The first-order chi connectivity index (χ1) is 19.1. The monoisotopic (exact) mass is 533 g/mol. The zero-order valence-electron chi connectivity index (χ0n) is 22.9. The van der Waals surface area contributed by atoms with Gasteiger partial charge in [-0.1, -0.05) is 31.4 Å². The van der Waals surface area contributed by atoms with Crippen molar-refractivity contribution in [3.8, 4) is 28.5 Å². The Kier molecular flexibility index (Phi) is 9.18. The average Bonchev–Trinajstić information content (AvgIpc) is 3.01. The van der Waals surface area contributed by atoms with Crippen LogP contribution in [0.4, 0.5) is 11.6 Å². The quantitative estimate of drug-likeness (QED) is 0.403. The van der Waals surface area contributed by atoms with E-state index in [1.165, 1.54) is 19.3 Å². The minimum Gasteiger partial charge on any atom is -0.491 e. The van der Waals surface area contributed by atoms with Gasteiger partial charge in [0.2, 0.25) is 0 Å². The topological polar surface area (TPSA) is 109 Å². The molecule has 3 aromatic rings. The number of nitrogens with one attached hydrogen (secondary N) is 1. The van der Waals surface area contributed by atoms with E-state index in [0.717, 1.165) is 48.8 Å². The molecule has 1 saturated heterocycles. The number of hydrogen-bond acceptors (Lipinski definition) is 10. The normalized spacial score (nSPS) is 17.2. The first kappa shape index (κ1) is 27.2. The number of rotatable bonds is 10. The Labute approximate surface area is 230 Å². The molecule has 1 atom stereocenters. The first-order valence-corrected chi connectivity index (χ1v) is 14.0. The number of aliphatic hydroxyl groups is 1. The van der Waals surface area contributed by atoms with Crippen LogP contribution >= 0.6 is 0 Å². The number of aliphatic hydroxyl groups excluding tert-OH is 1. The molecule has 5 rings (SSSR count). The third-order valence-corrected chi connectivity index (χ3v) is 7.42. The van der Waals surface area contributed by atoms with Crippen molar-refractivity contribution in [2.24, 2.45) is 0 Å². The van der Waals surface area contributed by atoms with Crippen LogP contribution in [0.1, 0.15) is 32.1 Å². The number of ether oxygens (including phenoxy) is 2. The molecule has 1 aromatic carbocycles. The van der Waals surface area contributed by atoms with Crippen molar-refractivity contribution in [3.63, 3.8) is 0 Å². The number of nitrogens with zero attached hydrogens (tertiary/aromatic N) is 6. The molecule has 3 heterocycles. The number of aromatic nitrogens is 4. The van der Waals surface area contributed by atoms with E-state index >= 15 is 0 Å². The van der Waals surface area contributed by atoms with Gasteiger partial charge in [0.05, 0.1) is 18.9 Å². The molecule has 39 heavy (non-hydrogen) atoms. The molecule has 2 N–H and O–H groups in total. The largest absolute Gasteiger partial charge is 0.491 e. The summed E-state index contributed by atoms with van der Waals surface area (Å²) in [4.78, 5) is 14.4. The van der Waals surface area contributed by atoms with Crippen molar-refractivity contribution in [1.29, 1.82) is 0 Å². The van der Waals surface area contributed by atoms with Crippen LogP contribution in [0.2, 0.25) is 0 Å². The highest BCUT2D eigenvalue weighted by Crippen LogP contribution is 2.30. The fourth-order valence-corrected chi connectivity index (χ4v) is 5.17. The Morgan fingerprint density at radius 3 is 2.62 bits per heavy atom. The molecule has 10 nitrogen and oxygen atoms in total. The molecule has 0 bridgehead atoms. The van der Waals surface area contributed by atoms with E-state index in [1.807, 2.05) is 42.5 Å². The van der Waals surface area contributed by atoms with Gasteiger partial charge < -0.3 is 29.7 Å². The number of hydrogen-bond donors (Lipinski definition) is 2. The minimum atomic E-state index is -0.590. The maximum atomic E-state index is 10.0. The number of anilines is 2. The van der Waals surface area contributed by atoms with E-state index in [9.17, 15) is 5.11 Å². The maximum absolute atomic E-state index is 10.0. The Bertz CT molecular complexity index is 1200. The van der Waals surface area contributed by atoms with Gasteiger partial charge in [0.25, 0.3) is 0 Å². The molecule has 10 heteroatoms. The van der Waals surface area contributed by atoms with Crippen molar-refractivity contribution in [3.05, 3.63) is 42.5 Å². The summed E-state index contributed by atoms with van der Waals surface area (Å²) in [6.45, 7) is 3.69. The van der Waals surface area contributed by atoms with Crippen LogP contribution in [-0.4, -0.2) is 91.0 Å². The van der Waals surface area contributed by atoms with Crippen molar-refractivity contribution < 1.29 is 14.6 Å². The number of benzene rings is 1. The lowest BCUT2D eigenvalue weighted by atomic mass is 9.94. The maximum Gasteiger partial charge on any atom is 0.162 e. The molecule has 1 aliphatic heterocycles. The van der Waals surface area contributed by atoms with Crippen LogP contribution in [0, 0.1) is 0 Å². The fourth-order valence-electron chi connectivity index (χ4n) is 5.17. The second-order valence-electron chi connectivity index (χ2n) is 10.3. The van der Waals surface area contributed by atoms with Gasteiger partial charge in [0.1, 0.15) is 30.0 Å². The van der Waals surface area contributed by atoms with Crippen LogP contribution < -0.4 is 19.9 Å². The molecular weight excluding hydrogens is 494 g/mol. The SMILES string of the molecule is CNCC(O)COc1cccc(-c2nc(-c3ccc(N4CCOCC4)nn3)cc(N(C)C3CCCCC3)n2)c1. The van der Waals surface area contributed by atoms with Gasteiger partial charge in [-0.05, 0) is 44.2 Å². The molecule has 2 fully saturated rings. The molecule has 0 radical (unpaired) electrons. The Morgan fingerprint density at radius 1 is 1.05 bits per heavy atom. The van der Waals surface area contributed by atoms with Gasteiger partial charge in [0, 0.05) is 44.4 Å². The van der Waals surface area contributed by atoms with Gasteiger partial charge >= 0.3 is 0 Å². The summed E-state index contributed by atoms with van der Waals surface area (Å²) in [5.41, 5.74) is 2.28. The zero-order valence-corrected chi connectivity index (χ0v) is 22.9. The van der Waals surface area contributed by atoms with E-state index in [2.05, 4.69) is 32.4 Å². The van der Waals surface area contributed by atoms with Crippen LogP contribution in [0.15, 0.2) is 42.5 Å². The lowest BCUT2D eigenvalue weighted by Crippen LogP contribution is -2.36. The predicted molar refractivity (Wildman–Crippen MR) is 152 cm³/mol. The van der Waals surface area contributed by atoms with Gasteiger partial charge in [-0.3, -0.25) is 0 Å². The van der Waals surface area contributed by atoms with E-state index in [4.69, 9.17) is 19.4 Å². The summed E-state index contributed by atoms with van der Waals surface area (Å²) in [6.07, 6.45) is 5.52. The highest BCUT2D eigenvalue weighted by Gasteiger charge is 2.22. The molecule has 1 unspecified atom stereocenters.